The van der Waals surface area contributed by atoms with Crippen molar-refractivity contribution in [1.82, 2.24) is 0 Å². The van der Waals surface area contributed by atoms with Crippen molar-refractivity contribution >= 4 is 11.9 Å². The average Bonchev–Trinajstić information content (AvgIpc) is 2.87. The quantitative estimate of drug-likeness (QED) is 0.315. The van der Waals surface area contributed by atoms with Crippen LogP contribution in [0.4, 0.5) is 14.5 Å². The van der Waals surface area contributed by atoms with E-state index in [1.807, 2.05) is 25.1 Å². The topological polar surface area (TPSA) is 41.8 Å². The van der Waals surface area contributed by atoms with E-state index in [2.05, 4.69) is 31.8 Å². The summed E-state index contributed by atoms with van der Waals surface area (Å²) in [6.07, 6.45) is 8.90. The third kappa shape index (κ3) is 4.82. The van der Waals surface area contributed by atoms with Gasteiger partial charge in [-0.1, -0.05) is 45.0 Å². The number of hydrogen-bond acceptors (Lipinski definition) is 3. The van der Waals surface area contributed by atoms with E-state index < -0.39 is 11.6 Å². The molecule has 4 fully saturated rings. The van der Waals surface area contributed by atoms with Crippen LogP contribution in [0.3, 0.4) is 0 Å². The summed E-state index contributed by atoms with van der Waals surface area (Å²) in [5, 5.41) is 11.8. The molecule has 3 aromatic carbocycles. The van der Waals surface area contributed by atoms with E-state index in [0.29, 0.717) is 29.0 Å². The number of phenols is 1. The van der Waals surface area contributed by atoms with E-state index in [0.717, 1.165) is 54.2 Å². The fraction of sp³-hybridized carbons (Fsp3) is 0.457. The van der Waals surface area contributed by atoms with Gasteiger partial charge >= 0.3 is 0 Å². The number of aromatic hydroxyl groups is 1. The van der Waals surface area contributed by atoms with Crippen LogP contribution < -0.4 is 4.74 Å². The van der Waals surface area contributed by atoms with Gasteiger partial charge in [-0.15, -0.1) is 0 Å². The first kappa shape index (κ1) is 27.0. The van der Waals surface area contributed by atoms with E-state index in [1.165, 1.54) is 25.3 Å². The number of hydrogen-bond donors (Lipinski definition) is 1. The van der Waals surface area contributed by atoms with Crippen LogP contribution in [0.2, 0.25) is 0 Å². The normalized spacial score (nSPS) is 25.6. The van der Waals surface area contributed by atoms with Crippen LogP contribution in [0.15, 0.2) is 53.5 Å². The van der Waals surface area contributed by atoms with E-state index >= 15 is 4.39 Å². The zero-order chi connectivity index (χ0) is 28.2. The van der Waals surface area contributed by atoms with Crippen LogP contribution in [0.5, 0.6) is 11.5 Å². The molecule has 40 heavy (non-hydrogen) atoms. The van der Waals surface area contributed by atoms with Crippen molar-refractivity contribution in [2.24, 2.45) is 22.7 Å². The molecule has 0 radical (unpaired) electrons. The Labute approximate surface area is 236 Å². The van der Waals surface area contributed by atoms with Gasteiger partial charge < -0.3 is 9.84 Å². The highest BCUT2D eigenvalue weighted by Crippen LogP contribution is 2.62. The highest BCUT2D eigenvalue weighted by atomic mass is 19.1. The molecule has 0 amide bonds. The first-order valence-corrected chi connectivity index (χ1v) is 14.7. The molecular formula is C35H39F2NO2. The molecule has 0 unspecified atom stereocenters. The zero-order valence-corrected chi connectivity index (χ0v) is 23.9. The molecule has 4 aliphatic carbocycles. The van der Waals surface area contributed by atoms with E-state index in [4.69, 9.17) is 4.74 Å². The van der Waals surface area contributed by atoms with Crippen LogP contribution >= 0.6 is 0 Å². The number of ether oxygens (including phenoxy) is 1. The largest absolute Gasteiger partial charge is 0.507 e. The molecule has 0 spiro atoms. The predicted molar refractivity (Wildman–Crippen MR) is 157 cm³/mol. The second kappa shape index (κ2) is 10.0. The summed E-state index contributed by atoms with van der Waals surface area (Å²) in [5.41, 5.74) is 3.47. The summed E-state index contributed by atoms with van der Waals surface area (Å²) in [4.78, 5) is 4.58. The van der Waals surface area contributed by atoms with Crippen molar-refractivity contribution in [3.8, 4) is 22.6 Å². The Morgan fingerprint density at radius 2 is 1.60 bits per heavy atom. The molecule has 3 nitrogen and oxygen atoms in total. The standard InChI is InChI=1S/C35H39F2NO2/c1-5-40-31-9-7-6-8-27(31)28-15-26(36)16-30(37)32(28)38-20-24-13-25(34(2,3)4)14-29(33(24)39)35-17-21-10-22(18-35)12-23(11-21)19-35/h6-9,13-16,20-23,39H,5,10-12,17-19H2,1-4H3. The lowest BCUT2D eigenvalue weighted by atomic mass is 9.47. The molecule has 3 aromatic rings. The zero-order valence-electron chi connectivity index (χ0n) is 23.9. The fourth-order valence-electron chi connectivity index (χ4n) is 8.04. The molecule has 0 aliphatic heterocycles. The number of benzene rings is 3. The first-order chi connectivity index (χ1) is 19.1. The Morgan fingerprint density at radius 3 is 2.23 bits per heavy atom. The van der Waals surface area contributed by atoms with E-state index in [-0.39, 0.29) is 22.3 Å². The summed E-state index contributed by atoms with van der Waals surface area (Å²) >= 11 is 0. The van der Waals surface area contributed by atoms with Crippen LogP contribution in [-0.4, -0.2) is 17.9 Å². The summed E-state index contributed by atoms with van der Waals surface area (Å²) < 4.78 is 35.5. The van der Waals surface area contributed by atoms with Crippen molar-refractivity contribution in [1.29, 1.82) is 0 Å². The molecule has 210 valence electrons. The molecule has 0 saturated heterocycles. The summed E-state index contributed by atoms with van der Waals surface area (Å²) in [5.74, 6) is 1.56. The van der Waals surface area contributed by atoms with E-state index in [1.54, 1.807) is 18.3 Å². The minimum absolute atomic E-state index is 0.00853. The van der Waals surface area contributed by atoms with Crippen LogP contribution in [0.1, 0.15) is 82.9 Å². The van der Waals surface area contributed by atoms with Crippen LogP contribution in [-0.2, 0) is 10.8 Å². The van der Waals surface area contributed by atoms with Gasteiger partial charge in [-0.2, -0.15) is 0 Å². The van der Waals surface area contributed by atoms with Gasteiger partial charge in [0.1, 0.15) is 23.0 Å². The van der Waals surface area contributed by atoms with Gasteiger partial charge in [0.15, 0.2) is 5.82 Å². The highest BCUT2D eigenvalue weighted by Gasteiger charge is 2.52. The summed E-state index contributed by atoms with van der Waals surface area (Å²) in [7, 11) is 0. The van der Waals surface area contributed by atoms with Gasteiger partial charge in [-0.25, -0.2) is 8.78 Å². The lowest BCUT2D eigenvalue weighted by Gasteiger charge is -2.57. The molecular weight excluding hydrogens is 504 g/mol. The molecule has 5 heteroatoms. The molecule has 4 bridgehead atoms. The smallest absolute Gasteiger partial charge is 0.152 e. The van der Waals surface area contributed by atoms with Gasteiger partial charge in [0.2, 0.25) is 0 Å². The second-order valence-corrected chi connectivity index (χ2v) is 13.4. The first-order valence-electron chi connectivity index (χ1n) is 14.7. The number of para-hydroxylation sites is 1. The molecule has 4 saturated carbocycles. The highest BCUT2D eigenvalue weighted by molar-refractivity contribution is 5.90. The Hall–Kier alpha value is -3.21. The minimum atomic E-state index is -0.759. The van der Waals surface area contributed by atoms with Crippen molar-refractivity contribution in [2.45, 2.75) is 77.0 Å². The SMILES string of the molecule is CCOc1ccccc1-c1cc(F)cc(F)c1N=Cc1cc(C(C)(C)C)cc(C23CC4CC(CC(C4)C2)C3)c1O. The maximum absolute atomic E-state index is 15.3. The Morgan fingerprint density at radius 1 is 0.950 bits per heavy atom. The number of rotatable bonds is 6. The molecule has 1 N–H and O–H groups in total. The van der Waals surface area contributed by atoms with Gasteiger partial charge in [0.05, 0.1) is 6.61 Å². The van der Waals surface area contributed by atoms with Crippen molar-refractivity contribution in [3.05, 3.63) is 76.9 Å². The second-order valence-electron chi connectivity index (χ2n) is 13.4. The van der Waals surface area contributed by atoms with Gasteiger partial charge in [-0.05, 0) is 97.8 Å². The number of aliphatic imine (C=N–C) groups is 1. The number of phenolic OH excluding ortho intramolecular Hbond substituents is 1. The number of nitrogens with zero attached hydrogens (tertiary/aromatic N) is 1. The molecule has 4 aliphatic rings. The minimum Gasteiger partial charge on any atom is -0.507 e. The summed E-state index contributed by atoms with van der Waals surface area (Å²) in [6, 6.07) is 13.5. The Balaban J connectivity index is 1.47. The third-order valence-electron chi connectivity index (χ3n) is 9.45. The van der Waals surface area contributed by atoms with Crippen molar-refractivity contribution in [3.63, 3.8) is 0 Å². The molecule has 0 atom stereocenters. The maximum atomic E-state index is 15.3. The molecule has 7 rings (SSSR count). The molecule has 0 heterocycles. The van der Waals surface area contributed by atoms with Gasteiger partial charge in [0, 0.05) is 34.5 Å². The Kier molecular flexibility index (Phi) is 6.75. The van der Waals surface area contributed by atoms with Crippen LogP contribution in [0.25, 0.3) is 11.1 Å². The number of halogens is 2. The van der Waals surface area contributed by atoms with Crippen molar-refractivity contribution in [2.75, 3.05) is 6.61 Å². The fourth-order valence-corrected chi connectivity index (χ4v) is 8.04. The Bertz CT molecular complexity index is 1430. The van der Waals surface area contributed by atoms with Gasteiger partial charge in [0.25, 0.3) is 0 Å². The van der Waals surface area contributed by atoms with Gasteiger partial charge in [-0.3, -0.25) is 4.99 Å². The molecule has 0 aromatic heterocycles. The lowest BCUT2D eigenvalue weighted by Crippen LogP contribution is -2.48. The van der Waals surface area contributed by atoms with E-state index in [9.17, 15) is 9.50 Å². The maximum Gasteiger partial charge on any atom is 0.152 e. The predicted octanol–water partition coefficient (Wildman–Crippen LogP) is 9.25. The summed E-state index contributed by atoms with van der Waals surface area (Å²) in [6.45, 7) is 8.81. The third-order valence-corrected chi connectivity index (χ3v) is 9.45. The van der Waals surface area contributed by atoms with Crippen LogP contribution in [0, 0.1) is 29.4 Å². The average molecular weight is 544 g/mol. The monoisotopic (exact) mass is 543 g/mol. The van der Waals surface area contributed by atoms with Crippen molar-refractivity contribution < 1.29 is 18.6 Å². The lowest BCUT2D eigenvalue weighted by molar-refractivity contribution is -0.00619.